The van der Waals surface area contributed by atoms with Crippen molar-refractivity contribution in [2.45, 2.75) is 24.3 Å². The topological polar surface area (TPSA) is 66.4 Å². The summed E-state index contributed by atoms with van der Waals surface area (Å²) in [6.07, 6.45) is 0.348. The van der Waals surface area contributed by atoms with Gasteiger partial charge in [-0.05, 0) is 31.5 Å². The number of benzene rings is 1. The van der Waals surface area contributed by atoms with Gasteiger partial charge in [-0.15, -0.1) is 0 Å². The molecule has 96 valence electrons. The van der Waals surface area contributed by atoms with E-state index in [4.69, 9.17) is 28.3 Å². The number of aliphatic hydroxyl groups excluding tert-OH is 1. The lowest BCUT2D eigenvalue weighted by molar-refractivity contribution is 0.275. The van der Waals surface area contributed by atoms with E-state index in [2.05, 4.69) is 4.72 Å². The second kappa shape index (κ2) is 6.02. The van der Waals surface area contributed by atoms with Gasteiger partial charge in [0.15, 0.2) is 0 Å². The fourth-order valence-corrected chi connectivity index (χ4v) is 2.90. The SMILES string of the molecule is CC(CCO)NS(=O)(=O)c1ccc(Cl)c(Cl)c1. The molecule has 0 fully saturated rings. The van der Waals surface area contributed by atoms with Crippen LogP contribution in [0.2, 0.25) is 10.0 Å². The van der Waals surface area contributed by atoms with Crippen LogP contribution in [-0.2, 0) is 10.0 Å². The van der Waals surface area contributed by atoms with Gasteiger partial charge in [-0.25, -0.2) is 13.1 Å². The first-order valence-electron chi connectivity index (χ1n) is 4.95. The summed E-state index contributed by atoms with van der Waals surface area (Å²) in [4.78, 5) is 0.0525. The highest BCUT2D eigenvalue weighted by molar-refractivity contribution is 7.89. The van der Waals surface area contributed by atoms with Gasteiger partial charge in [0.2, 0.25) is 10.0 Å². The third kappa shape index (κ3) is 4.12. The zero-order valence-corrected chi connectivity index (χ0v) is 11.5. The van der Waals surface area contributed by atoms with Gasteiger partial charge < -0.3 is 5.11 Å². The van der Waals surface area contributed by atoms with Gasteiger partial charge in [-0.3, -0.25) is 0 Å². The van der Waals surface area contributed by atoms with Crippen molar-refractivity contribution < 1.29 is 13.5 Å². The highest BCUT2D eigenvalue weighted by atomic mass is 35.5. The van der Waals surface area contributed by atoms with Crippen LogP contribution in [-0.4, -0.2) is 26.2 Å². The molecule has 0 aliphatic rings. The monoisotopic (exact) mass is 297 g/mol. The van der Waals surface area contributed by atoms with E-state index >= 15 is 0 Å². The maximum Gasteiger partial charge on any atom is 0.240 e. The van der Waals surface area contributed by atoms with Crippen LogP contribution in [0.4, 0.5) is 0 Å². The first-order chi connectivity index (χ1) is 7.86. The normalized spacial score (nSPS) is 13.6. The summed E-state index contributed by atoms with van der Waals surface area (Å²) in [6, 6.07) is 3.74. The van der Waals surface area contributed by atoms with Crippen molar-refractivity contribution in [3.8, 4) is 0 Å². The van der Waals surface area contributed by atoms with Crippen LogP contribution in [0.25, 0.3) is 0 Å². The number of hydrogen-bond donors (Lipinski definition) is 2. The Morgan fingerprint density at radius 3 is 2.53 bits per heavy atom. The second-order valence-corrected chi connectivity index (χ2v) is 6.14. The third-order valence-corrected chi connectivity index (χ3v) is 4.45. The minimum atomic E-state index is -3.63. The molecule has 0 aliphatic heterocycles. The summed E-state index contributed by atoms with van der Waals surface area (Å²) in [5.41, 5.74) is 0. The summed E-state index contributed by atoms with van der Waals surface area (Å²) >= 11 is 11.5. The quantitative estimate of drug-likeness (QED) is 0.874. The van der Waals surface area contributed by atoms with Crippen molar-refractivity contribution in [2.24, 2.45) is 0 Å². The predicted octanol–water partition coefficient (Wildman–Crippen LogP) is 2.04. The van der Waals surface area contributed by atoms with Crippen molar-refractivity contribution >= 4 is 33.2 Å². The molecular formula is C10H13Cl2NO3S. The molecule has 1 unspecified atom stereocenters. The molecule has 0 bridgehead atoms. The summed E-state index contributed by atoms with van der Waals surface area (Å²) < 4.78 is 26.2. The number of rotatable bonds is 5. The average molecular weight is 298 g/mol. The zero-order chi connectivity index (χ0) is 13.1. The average Bonchev–Trinajstić information content (AvgIpc) is 2.21. The Bertz CT molecular complexity index is 490. The van der Waals surface area contributed by atoms with E-state index in [1.807, 2.05) is 0 Å². The molecule has 0 aliphatic carbocycles. The van der Waals surface area contributed by atoms with Gasteiger partial charge in [-0.1, -0.05) is 23.2 Å². The summed E-state index contributed by atoms with van der Waals surface area (Å²) in [7, 11) is -3.63. The number of nitrogens with one attached hydrogen (secondary N) is 1. The van der Waals surface area contributed by atoms with Crippen LogP contribution in [0.1, 0.15) is 13.3 Å². The summed E-state index contributed by atoms with van der Waals surface area (Å²) in [6.45, 7) is 1.59. The largest absolute Gasteiger partial charge is 0.396 e. The number of hydrogen-bond acceptors (Lipinski definition) is 3. The van der Waals surface area contributed by atoms with Crippen LogP contribution >= 0.6 is 23.2 Å². The van der Waals surface area contributed by atoms with E-state index in [1.165, 1.54) is 18.2 Å². The molecule has 1 atom stereocenters. The summed E-state index contributed by atoms with van der Waals surface area (Å²) in [5.74, 6) is 0. The van der Waals surface area contributed by atoms with Crippen LogP contribution < -0.4 is 4.72 Å². The molecule has 1 rings (SSSR count). The van der Waals surface area contributed by atoms with Crippen molar-refractivity contribution in [2.75, 3.05) is 6.61 Å². The van der Waals surface area contributed by atoms with Gasteiger partial charge in [0.05, 0.1) is 14.9 Å². The second-order valence-electron chi connectivity index (χ2n) is 3.61. The molecule has 2 N–H and O–H groups in total. The number of sulfonamides is 1. The Balaban J connectivity index is 2.93. The standard InChI is InChI=1S/C10H13Cl2NO3S/c1-7(4-5-14)13-17(15,16)8-2-3-9(11)10(12)6-8/h2-3,6-7,13-14H,4-5H2,1H3. The van der Waals surface area contributed by atoms with Crippen molar-refractivity contribution in [3.63, 3.8) is 0 Å². The maximum atomic E-state index is 11.9. The molecule has 0 saturated heterocycles. The lowest BCUT2D eigenvalue weighted by Gasteiger charge is -2.13. The number of aliphatic hydroxyl groups is 1. The molecule has 0 spiro atoms. The van der Waals surface area contributed by atoms with E-state index in [1.54, 1.807) is 6.92 Å². The Morgan fingerprint density at radius 1 is 1.35 bits per heavy atom. The molecule has 1 aromatic rings. The van der Waals surface area contributed by atoms with Crippen LogP contribution in [0, 0.1) is 0 Å². The van der Waals surface area contributed by atoms with Crippen LogP contribution in [0.15, 0.2) is 23.1 Å². The van der Waals surface area contributed by atoms with E-state index in [0.29, 0.717) is 11.4 Å². The van der Waals surface area contributed by atoms with Gasteiger partial charge in [-0.2, -0.15) is 0 Å². The number of halogens is 2. The minimum Gasteiger partial charge on any atom is -0.396 e. The van der Waals surface area contributed by atoms with E-state index in [-0.39, 0.29) is 22.6 Å². The molecule has 1 aromatic carbocycles. The van der Waals surface area contributed by atoms with Gasteiger partial charge in [0.1, 0.15) is 0 Å². The first kappa shape index (κ1) is 14.7. The molecular weight excluding hydrogens is 285 g/mol. The van der Waals surface area contributed by atoms with Crippen molar-refractivity contribution in [1.29, 1.82) is 0 Å². The molecule has 0 radical (unpaired) electrons. The van der Waals surface area contributed by atoms with Gasteiger partial charge in [0.25, 0.3) is 0 Å². The molecule has 0 saturated carbocycles. The lowest BCUT2D eigenvalue weighted by atomic mass is 10.3. The fraction of sp³-hybridized carbons (Fsp3) is 0.400. The Morgan fingerprint density at radius 2 is 2.00 bits per heavy atom. The Labute approximate surface area is 111 Å². The third-order valence-electron chi connectivity index (χ3n) is 2.12. The predicted molar refractivity (Wildman–Crippen MR) is 67.9 cm³/mol. The van der Waals surface area contributed by atoms with Gasteiger partial charge >= 0.3 is 0 Å². The molecule has 0 aromatic heterocycles. The molecule has 0 amide bonds. The highest BCUT2D eigenvalue weighted by Gasteiger charge is 2.17. The maximum absolute atomic E-state index is 11.9. The summed E-state index contributed by atoms with van der Waals surface area (Å²) in [5, 5.41) is 9.20. The first-order valence-corrected chi connectivity index (χ1v) is 7.19. The van der Waals surface area contributed by atoms with Crippen molar-refractivity contribution in [1.82, 2.24) is 4.72 Å². The molecule has 0 heterocycles. The highest BCUT2D eigenvalue weighted by Crippen LogP contribution is 2.24. The zero-order valence-electron chi connectivity index (χ0n) is 9.15. The molecule has 7 heteroatoms. The Kier molecular flexibility index (Phi) is 5.22. The van der Waals surface area contributed by atoms with Crippen LogP contribution in [0.5, 0.6) is 0 Å². The minimum absolute atomic E-state index is 0.0525. The smallest absolute Gasteiger partial charge is 0.240 e. The van der Waals surface area contributed by atoms with E-state index in [9.17, 15) is 8.42 Å². The van der Waals surface area contributed by atoms with Gasteiger partial charge in [0, 0.05) is 12.6 Å². The molecule has 17 heavy (non-hydrogen) atoms. The van der Waals surface area contributed by atoms with Crippen molar-refractivity contribution in [3.05, 3.63) is 28.2 Å². The Hall–Kier alpha value is -0.330. The molecule has 4 nitrogen and oxygen atoms in total. The van der Waals surface area contributed by atoms with E-state index < -0.39 is 10.0 Å². The lowest BCUT2D eigenvalue weighted by Crippen LogP contribution is -2.33. The van der Waals surface area contributed by atoms with Crippen LogP contribution in [0.3, 0.4) is 0 Å². The van der Waals surface area contributed by atoms with E-state index in [0.717, 1.165) is 0 Å². The fourth-order valence-electron chi connectivity index (χ4n) is 1.23.